The van der Waals surface area contributed by atoms with Crippen molar-refractivity contribution in [3.8, 4) is 12.3 Å². The van der Waals surface area contributed by atoms with E-state index in [1.54, 1.807) is 0 Å². The summed E-state index contributed by atoms with van der Waals surface area (Å²) in [5.74, 6) is 2.63. The Kier molecular flexibility index (Phi) is 4.81. The molecule has 0 aliphatic rings. The number of unbranched alkanes of at least 4 members (excludes halogenated alkanes) is 1. The lowest BCUT2D eigenvalue weighted by Gasteiger charge is -1.98. The SMILES string of the molecule is C#CCCCn1cc(CNCC)cn1. The van der Waals surface area contributed by atoms with Crippen molar-refractivity contribution in [1.82, 2.24) is 15.1 Å². The number of hydrogen-bond acceptors (Lipinski definition) is 2. The van der Waals surface area contributed by atoms with Crippen molar-refractivity contribution in [2.24, 2.45) is 0 Å². The van der Waals surface area contributed by atoms with Gasteiger partial charge in [-0.25, -0.2) is 0 Å². The highest BCUT2D eigenvalue weighted by molar-refractivity contribution is 5.03. The van der Waals surface area contributed by atoms with Crippen LogP contribution in [0.4, 0.5) is 0 Å². The van der Waals surface area contributed by atoms with Crippen molar-refractivity contribution in [2.75, 3.05) is 6.54 Å². The molecule has 0 atom stereocenters. The van der Waals surface area contributed by atoms with E-state index in [-0.39, 0.29) is 0 Å². The van der Waals surface area contributed by atoms with Gasteiger partial charge in [0.2, 0.25) is 0 Å². The molecule has 3 nitrogen and oxygen atoms in total. The summed E-state index contributed by atoms with van der Waals surface area (Å²) in [5, 5.41) is 7.51. The number of aromatic nitrogens is 2. The normalized spacial score (nSPS) is 10.0. The van der Waals surface area contributed by atoms with Crippen LogP contribution in [0.3, 0.4) is 0 Å². The molecule has 0 fully saturated rings. The second-order valence-corrected chi connectivity index (χ2v) is 3.20. The second kappa shape index (κ2) is 6.22. The predicted octanol–water partition coefficient (Wildman–Crippen LogP) is 1.41. The van der Waals surface area contributed by atoms with Gasteiger partial charge in [0.05, 0.1) is 6.20 Å². The van der Waals surface area contributed by atoms with Crippen LogP contribution in [-0.2, 0) is 13.1 Å². The van der Waals surface area contributed by atoms with Gasteiger partial charge in [0.25, 0.3) is 0 Å². The number of aryl methyl sites for hydroxylation is 1. The predicted molar refractivity (Wildman–Crippen MR) is 57.7 cm³/mol. The van der Waals surface area contributed by atoms with Gasteiger partial charge in [-0.1, -0.05) is 6.92 Å². The first-order valence-electron chi connectivity index (χ1n) is 5.02. The zero-order chi connectivity index (χ0) is 10.2. The van der Waals surface area contributed by atoms with Gasteiger partial charge in [-0.2, -0.15) is 5.10 Å². The van der Waals surface area contributed by atoms with E-state index in [4.69, 9.17) is 6.42 Å². The molecule has 0 amide bonds. The minimum atomic E-state index is 0.822. The van der Waals surface area contributed by atoms with Crippen LogP contribution in [0.15, 0.2) is 12.4 Å². The van der Waals surface area contributed by atoms with Gasteiger partial charge in [0.15, 0.2) is 0 Å². The molecule has 1 rings (SSSR count). The molecule has 0 radical (unpaired) electrons. The first-order chi connectivity index (χ1) is 6.86. The van der Waals surface area contributed by atoms with E-state index in [9.17, 15) is 0 Å². The van der Waals surface area contributed by atoms with E-state index in [0.29, 0.717) is 0 Å². The van der Waals surface area contributed by atoms with E-state index in [2.05, 4.69) is 29.5 Å². The van der Waals surface area contributed by atoms with Gasteiger partial charge in [0.1, 0.15) is 0 Å². The fourth-order valence-corrected chi connectivity index (χ4v) is 1.23. The molecule has 0 aliphatic heterocycles. The molecule has 0 spiro atoms. The summed E-state index contributed by atoms with van der Waals surface area (Å²) in [6, 6.07) is 0. The van der Waals surface area contributed by atoms with Crippen LogP contribution < -0.4 is 5.32 Å². The number of terminal acetylenes is 1. The zero-order valence-corrected chi connectivity index (χ0v) is 8.66. The van der Waals surface area contributed by atoms with Gasteiger partial charge < -0.3 is 5.32 Å². The van der Waals surface area contributed by atoms with Crippen LogP contribution in [0.5, 0.6) is 0 Å². The molecular weight excluding hydrogens is 174 g/mol. The largest absolute Gasteiger partial charge is 0.313 e. The summed E-state index contributed by atoms with van der Waals surface area (Å²) in [6.07, 6.45) is 11.0. The van der Waals surface area contributed by atoms with Crippen LogP contribution in [-0.4, -0.2) is 16.3 Å². The molecule has 0 aromatic carbocycles. The van der Waals surface area contributed by atoms with Crippen molar-refractivity contribution in [3.63, 3.8) is 0 Å². The molecule has 0 aliphatic carbocycles. The van der Waals surface area contributed by atoms with Crippen molar-refractivity contribution in [2.45, 2.75) is 32.9 Å². The van der Waals surface area contributed by atoms with E-state index < -0.39 is 0 Å². The highest BCUT2D eigenvalue weighted by Crippen LogP contribution is 1.99. The Morgan fingerprint density at radius 3 is 3.21 bits per heavy atom. The Bertz CT molecular complexity index is 296. The Morgan fingerprint density at radius 2 is 2.50 bits per heavy atom. The summed E-state index contributed by atoms with van der Waals surface area (Å²) in [6.45, 7) is 4.89. The van der Waals surface area contributed by atoms with Gasteiger partial charge in [-0.3, -0.25) is 4.68 Å². The summed E-state index contributed by atoms with van der Waals surface area (Å²) < 4.78 is 1.95. The first-order valence-corrected chi connectivity index (χ1v) is 5.02. The lowest BCUT2D eigenvalue weighted by atomic mass is 10.3. The zero-order valence-electron chi connectivity index (χ0n) is 8.66. The molecule has 0 saturated heterocycles. The van der Waals surface area contributed by atoms with Crippen molar-refractivity contribution >= 4 is 0 Å². The van der Waals surface area contributed by atoms with Crippen LogP contribution in [0, 0.1) is 12.3 Å². The van der Waals surface area contributed by atoms with Crippen molar-refractivity contribution < 1.29 is 0 Å². The maximum atomic E-state index is 5.17. The maximum Gasteiger partial charge on any atom is 0.0534 e. The lowest BCUT2D eigenvalue weighted by Crippen LogP contribution is -2.11. The Morgan fingerprint density at radius 1 is 1.64 bits per heavy atom. The molecule has 76 valence electrons. The summed E-state index contributed by atoms with van der Waals surface area (Å²) in [4.78, 5) is 0. The molecule has 3 heteroatoms. The standard InChI is InChI=1S/C11H17N3/c1-3-5-6-7-14-10-11(9-13-14)8-12-4-2/h1,9-10,12H,4-8H2,2H3. The van der Waals surface area contributed by atoms with E-state index >= 15 is 0 Å². The van der Waals surface area contributed by atoms with E-state index in [1.807, 2.05) is 10.9 Å². The van der Waals surface area contributed by atoms with Crippen LogP contribution >= 0.6 is 0 Å². The molecule has 1 N–H and O–H groups in total. The molecule has 1 aromatic heterocycles. The summed E-state index contributed by atoms with van der Waals surface area (Å²) >= 11 is 0. The maximum absolute atomic E-state index is 5.17. The van der Waals surface area contributed by atoms with Crippen LogP contribution in [0.1, 0.15) is 25.3 Å². The van der Waals surface area contributed by atoms with Gasteiger partial charge in [-0.05, 0) is 13.0 Å². The number of nitrogens with zero attached hydrogens (tertiary/aromatic N) is 2. The third-order valence-electron chi connectivity index (χ3n) is 1.97. The summed E-state index contributed by atoms with van der Waals surface area (Å²) in [5.41, 5.74) is 1.23. The third kappa shape index (κ3) is 3.63. The fraction of sp³-hybridized carbons (Fsp3) is 0.545. The Balaban J connectivity index is 2.32. The molecule has 0 bridgehead atoms. The number of nitrogens with one attached hydrogen (secondary N) is 1. The second-order valence-electron chi connectivity index (χ2n) is 3.20. The average molecular weight is 191 g/mol. The molecule has 1 aromatic rings. The molecular formula is C11H17N3. The first kappa shape index (κ1) is 10.8. The average Bonchev–Trinajstić information content (AvgIpc) is 2.63. The Labute approximate surface area is 85.5 Å². The smallest absolute Gasteiger partial charge is 0.0534 e. The quantitative estimate of drug-likeness (QED) is 0.544. The van der Waals surface area contributed by atoms with Crippen LogP contribution in [0.25, 0.3) is 0 Å². The molecule has 0 unspecified atom stereocenters. The molecule has 0 saturated carbocycles. The fourth-order valence-electron chi connectivity index (χ4n) is 1.23. The van der Waals surface area contributed by atoms with Gasteiger partial charge in [-0.15, -0.1) is 12.3 Å². The van der Waals surface area contributed by atoms with Gasteiger partial charge in [0, 0.05) is 31.3 Å². The number of rotatable bonds is 6. The Hall–Kier alpha value is -1.27. The van der Waals surface area contributed by atoms with Crippen molar-refractivity contribution in [3.05, 3.63) is 18.0 Å². The highest BCUT2D eigenvalue weighted by Gasteiger charge is 1.96. The van der Waals surface area contributed by atoms with E-state index in [0.717, 1.165) is 32.5 Å². The molecule has 1 heterocycles. The minimum absolute atomic E-state index is 0.822. The van der Waals surface area contributed by atoms with Crippen molar-refractivity contribution in [1.29, 1.82) is 0 Å². The van der Waals surface area contributed by atoms with E-state index in [1.165, 1.54) is 5.56 Å². The minimum Gasteiger partial charge on any atom is -0.313 e. The monoisotopic (exact) mass is 191 g/mol. The van der Waals surface area contributed by atoms with Gasteiger partial charge >= 0.3 is 0 Å². The topological polar surface area (TPSA) is 29.9 Å². The molecule has 14 heavy (non-hydrogen) atoms. The number of hydrogen-bond donors (Lipinski definition) is 1. The highest BCUT2D eigenvalue weighted by atomic mass is 15.3. The third-order valence-corrected chi connectivity index (χ3v) is 1.97. The van der Waals surface area contributed by atoms with Crippen LogP contribution in [0.2, 0.25) is 0 Å². The lowest BCUT2D eigenvalue weighted by molar-refractivity contribution is 0.586. The summed E-state index contributed by atoms with van der Waals surface area (Å²) in [7, 11) is 0.